The molecule has 0 spiro atoms. The number of likely N-dealkylation sites (tertiary alicyclic amines) is 1. The van der Waals surface area contributed by atoms with Crippen molar-refractivity contribution in [3.63, 3.8) is 0 Å². The van der Waals surface area contributed by atoms with Gasteiger partial charge in [-0.2, -0.15) is 0 Å². The Morgan fingerprint density at radius 3 is 2.73 bits per heavy atom. The first kappa shape index (κ1) is 23.6. The summed E-state index contributed by atoms with van der Waals surface area (Å²) in [5.74, 6) is 7.45. The second-order valence-electron chi connectivity index (χ2n) is 9.96. The summed E-state index contributed by atoms with van der Waals surface area (Å²) in [6.45, 7) is 7.76. The van der Waals surface area contributed by atoms with Crippen LogP contribution >= 0.6 is 0 Å². The van der Waals surface area contributed by atoms with E-state index in [1.807, 2.05) is 19.9 Å². The average Bonchev–Trinajstić information content (AvgIpc) is 3.27. The summed E-state index contributed by atoms with van der Waals surface area (Å²) in [5.41, 5.74) is 1.61. The molecule has 3 nitrogen and oxygen atoms in total. The van der Waals surface area contributed by atoms with E-state index >= 15 is 0 Å². The van der Waals surface area contributed by atoms with Crippen LogP contribution in [0.2, 0.25) is 0 Å². The molecular formula is C27H43NO2. The van der Waals surface area contributed by atoms with Crippen molar-refractivity contribution in [2.75, 3.05) is 19.6 Å². The third-order valence-corrected chi connectivity index (χ3v) is 7.64. The molecule has 0 unspecified atom stereocenters. The molecule has 168 valence electrons. The van der Waals surface area contributed by atoms with E-state index in [0.29, 0.717) is 18.3 Å². The molecule has 30 heavy (non-hydrogen) atoms. The van der Waals surface area contributed by atoms with Crippen LogP contribution in [0.3, 0.4) is 0 Å². The molecule has 1 saturated heterocycles. The standard InChI is InChI=1S/C27H43NO2/c1-3-4-11-21(2)26(29)14-13-24-25-19-22(18-23(25)20-27(24)30)12-7-5-8-15-28-16-9-6-10-17-28/h12-14,21,23-27,29-30H,5-11,15-20H2,1-2H3/t21-,23-,24+,25-,26+,27+/m0/s1. The number of fused-ring (bicyclic) bond motifs is 1. The van der Waals surface area contributed by atoms with Gasteiger partial charge in [-0.05, 0) is 95.7 Å². The summed E-state index contributed by atoms with van der Waals surface area (Å²) in [5, 5.41) is 21.0. The maximum Gasteiger partial charge on any atom is 0.0755 e. The molecule has 3 fully saturated rings. The van der Waals surface area contributed by atoms with Crippen molar-refractivity contribution in [1.29, 1.82) is 0 Å². The third kappa shape index (κ3) is 6.71. The number of piperidine rings is 1. The Labute approximate surface area is 184 Å². The van der Waals surface area contributed by atoms with Crippen molar-refractivity contribution in [2.45, 2.75) is 90.3 Å². The van der Waals surface area contributed by atoms with E-state index in [2.05, 4.69) is 28.9 Å². The lowest BCUT2D eigenvalue weighted by molar-refractivity contribution is 0.137. The first-order valence-corrected chi connectivity index (χ1v) is 12.4. The zero-order valence-corrected chi connectivity index (χ0v) is 19.2. The lowest BCUT2D eigenvalue weighted by Crippen LogP contribution is -2.30. The van der Waals surface area contributed by atoms with E-state index in [1.165, 1.54) is 64.6 Å². The number of unbranched alkanes of at least 4 members (excludes halogenated alkanes) is 2. The molecule has 3 rings (SSSR count). The molecule has 3 aliphatic rings. The van der Waals surface area contributed by atoms with E-state index in [1.54, 1.807) is 5.57 Å². The SMILES string of the molecule is CC#CC[C@H](C)[C@H](O)C=C[C@@H]1[C@H]2CC(=CCCCCN3CCCCC3)C[C@H]2C[C@H]1O. The van der Waals surface area contributed by atoms with Crippen LogP contribution in [-0.4, -0.2) is 47.0 Å². The van der Waals surface area contributed by atoms with Crippen LogP contribution in [-0.2, 0) is 0 Å². The molecule has 0 amide bonds. The highest BCUT2D eigenvalue weighted by Crippen LogP contribution is 2.50. The molecule has 2 aliphatic carbocycles. The minimum Gasteiger partial charge on any atom is -0.392 e. The number of aliphatic hydroxyl groups is 2. The summed E-state index contributed by atoms with van der Waals surface area (Å²) in [4.78, 5) is 2.64. The first-order valence-electron chi connectivity index (χ1n) is 12.4. The lowest BCUT2D eigenvalue weighted by atomic mass is 9.89. The van der Waals surface area contributed by atoms with Crippen LogP contribution in [0, 0.1) is 35.5 Å². The monoisotopic (exact) mass is 413 g/mol. The van der Waals surface area contributed by atoms with Crippen LogP contribution in [0.4, 0.5) is 0 Å². The number of nitrogens with zero attached hydrogens (tertiary/aromatic N) is 1. The number of aliphatic hydroxyl groups excluding tert-OH is 2. The van der Waals surface area contributed by atoms with Gasteiger partial charge in [0.1, 0.15) is 0 Å². The molecular weight excluding hydrogens is 370 g/mol. The van der Waals surface area contributed by atoms with Gasteiger partial charge in [-0.25, -0.2) is 0 Å². The smallest absolute Gasteiger partial charge is 0.0755 e. The van der Waals surface area contributed by atoms with Crippen molar-refractivity contribution in [3.8, 4) is 11.8 Å². The summed E-state index contributed by atoms with van der Waals surface area (Å²) in [6.07, 6.45) is 17.7. The molecule has 1 aliphatic heterocycles. The van der Waals surface area contributed by atoms with Crippen molar-refractivity contribution >= 4 is 0 Å². The van der Waals surface area contributed by atoms with E-state index in [9.17, 15) is 10.2 Å². The molecule has 0 aromatic heterocycles. The molecule has 1 heterocycles. The van der Waals surface area contributed by atoms with Gasteiger partial charge < -0.3 is 15.1 Å². The quantitative estimate of drug-likeness (QED) is 0.320. The summed E-state index contributed by atoms with van der Waals surface area (Å²) in [7, 11) is 0. The molecule has 2 N–H and O–H groups in total. The van der Waals surface area contributed by atoms with Gasteiger partial charge in [-0.3, -0.25) is 0 Å². The van der Waals surface area contributed by atoms with Crippen molar-refractivity contribution in [3.05, 3.63) is 23.8 Å². The second kappa shape index (κ2) is 12.1. The van der Waals surface area contributed by atoms with Crippen LogP contribution in [0.1, 0.15) is 78.1 Å². The van der Waals surface area contributed by atoms with E-state index in [0.717, 1.165) is 12.8 Å². The fourth-order valence-electron chi connectivity index (χ4n) is 5.72. The van der Waals surface area contributed by atoms with Gasteiger partial charge in [-0.15, -0.1) is 11.8 Å². The molecule has 0 radical (unpaired) electrons. The fraction of sp³-hybridized carbons (Fsp3) is 0.778. The van der Waals surface area contributed by atoms with E-state index < -0.39 is 6.10 Å². The summed E-state index contributed by atoms with van der Waals surface area (Å²) in [6, 6.07) is 0. The van der Waals surface area contributed by atoms with Gasteiger partial charge in [0.25, 0.3) is 0 Å². The maximum absolute atomic E-state index is 10.6. The molecule has 2 saturated carbocycles. The third-order valence-electron chi connectivity index (χ3n) is 7.64. The first-order chi connectivity index (χ1) is 14.6. The normalized spacial score (nSPS) is 32.9. The van der Waals surface area contributed by atoms with Gasteiger partial charge >= 0.3 is 0 Å². The molecule has 0 aromatic carbocycles. The molecule has 6 atom stereocenters. The van der Waals surface area contributed by atoms with Gasteiger partial charge in [0.05, 0.1) is 12.2 Å². The highest BCUT2D eigenvalue weighted by Gasteiger charge is 2.44. The van der Waals surface area contributed by atoms with Gasteiger partial charge in [0, 0.05) is 12.3 Å². The number of hydrogen-bond donors (Lipinski definition) is 2. The van der Waals surface area contributed by atoms with Gasteiger partial charge in [-0.1, -0.05) is 37.1 Å². The summed E-state index contributed by atoms with van der Waals surface area (Å²) >= 11 is 0. The number of hydrogen-bond acceptors (Lipinski definition) is 3. The lowest BCUT2D eigenvalue weighted by Gasteiger charge is -2.26. The molecule has 0 aromatic rings. The van der Waals surface area contributed by atoms with Crippen molar-refractivity contribution in [1.82, 2.24) is 4.90 Å². The molecule has 3 heteroatoms. The average molecular weight is 414 g/mol. The topological polar surface area (TPSA) is 43.7 Å². The van der Waals surface area contributed by atoms with Crippen molar-refractivity contribution < 1.29 is 10.2 Å². The fourth-order valence-corrected chi connectivity index (χ4v) is 5.72. The van der Waals surface area contributed by atoms with Gasteiger partial charge in [0.2, 0.25) is 0 Å². The largest absolute Gasteiger partial charge is 0.392 e. The summed E-state index contributed by atoms with van der Waals surface area (Å²) < 4.78 is 0. The van der Waals surface area contributed by atoms with E-state index in [4.69, 9.17) is 0 Å². The Bertz CT molecular complexity index is 637. The number of rotatable bonds is 9. The van der Waals surface area contributed by atoms with Crippen LogP contribution in [0.5, 0.6) is 0 Å². The van der Waals surface area contributed by atoms with E-state index in [-0.39, 0.29) is 17.9 Å². The highest BCUT2D eigenvalue weighted by atomic mass is 16.3. The van der Waals surface area contributed by atoms with Crippen molar-refractivity contribution in [2.24, 2.45) is 23.7 Å². The van der Waals surface area contributed by atoms with Crippen LogP contribution in [0.15, 0.2) is 23.8 Å². The predicted molar refractivity (Wildman–Crippen MR) is 125 cm³/mol. The second-order valence-corrected chi connectivity index (χ2v) is 9.96. The highest BCUT2D eigenvalue weighted by molar-refractivity contribution is 5.18. The predicted octanol–water partition coefficient (Wildman–Crippen LogP) is 4.94. The van der Waals surface area contributed by atoms with Crippen LogP contribution < -0.4 is 0 Å². The Hall–Kier alpha value is -1.08. The minimum absolute atomic E-state index is 0.131. The van der Waals surface area contributed by atoms with Gasteiger partial charge in [0.15, 0.2) is 0 Å². The zero-order valence-electron chi connectivity index (χ0n) is 19.2. The van der Waals surface area contributed by atoms with Crippen LogP contribution in [0.25, 0.3) is 0 Å². The number of allylic oxidation sites excluding steroid dienone is 2. The Kier molecular flexibility index (Phi) is 9.50. The molecule has 0 bridgehead atoms. The Balaban J connectivity index is 1.42. The maximum atomic E-state index is 10.6. The minimum atomic E-state index is -0.478. The Morgan fingerprint density at radius 2 is 1.97 bits per heavy atom. The Morgan fingerprint density at radius 1 is 1.17 bits per heavy atom. The zero-order chi connectivity index (χ0) is 21.3.